The first-order valence-electron chi connectivity index (χ1n) is 9.95. The lowest BCUT2D eigenvalue weighted by molar-refractivity contribution is 0.294. The van der Waals surface area contributed by atoms with Gasteiger partial charge in [0.2, 0.25) is 0 Å². The van der Waals surface area contributed by atoms with Crippen molar-refractivity contribution in [3.05, 3.63) is 87.3 Å². The molecule has 4 rings (SSSR count). The van der Waals surface area contributed by atoms with Crippen LogP contribution in [0.3, 0.4) is 0 Å². The minimum Gasteiger partial charge on any atom is -0.496 e. The van der Waals surface area contributed by atoms with E-state index in [0.29, 0.717) is 28.3 Å². The number of ether oxygens (including phenoxy) is 2. The topological polar surface area (TPSA) is 71.2 Å². The Balaban J connectivity index is 1.68. The highest BCUT2D eigenvalue weighted by atomic mass is 19.2. The molecule has 0 radical (unpaired) electrons. The highest BCUT2D eigenvalue weighted by Gasteiger charge is 2.21. The van der Waals surface area contributed by atoms with Crippen LogP contribution in [0.25, 0.3) is 16.8 Å². The lowest BCUT2D eigenvalue weighted by Gasteiger charge is -2.16. The summed E-state index contributed by atoms with van der Waals surface area (Å²) in [6.45, 7) is 1.56. The van der Waals surface area contributed by atoms with Gasteiger partial charge in [-0.05, 0) is 52.7 Å². The number of tetrazole rings is 1. The van der Waals surface area contributed by atoms with Gasteiger partial charge in [0.05, 0.1) is 23.9 Å². The van der Waals surface area contributed by atoms with E-state index in [1.54, 1.807) is 25.1 Å². The standard InChI is InChI=1S/C23H18F4N4O3/c1-12-9-13(20-21(26)15(24)10-16(25)22(20)27)7-8-18(12)34-11-14-17(5-4-6-19(14)33-3)31-23(32)30(2)28-29-31/h4-10H,11H2,1-3H3. The average Bonchev–Trinajstić information content (AvgIpc) is 3.15. The van der Waals surface area contributed by atoms with Gasteiger partial charge in [0.1, 0.15) is 18.1 Å². The monoisotopic (exact) mass is 474 g/mol. The summed E-state index contributed by atoms with van der Waals surface area (Å²) in [6, 6.07) is 9.24. The molecule has 0 aliphatic heterocycles. The smallest absolute Gasteiger partial charge is 0.368 e. The lowest BCUT2D eigenvalue weighted by atomic mass is 10.0. The number of hydrogen-bond acceptors (Lipinski definition) is 5. The molecule has 4 aromatic rings. The van der Waals surface area contributed by atoms with Crippen molar-refractivity contribution in [2.45, 2.75) is 13.5 Å². The van der Waals surface area contributed by atoms with Crippen LogP contribution in [0.2, 0.25) is 0 Å². The number of aryl methyl sites for hydroxylation is 2. The van der Waals surface area contributed by atoms with Crippen LogP contribution in [0.15, 0.2) is 47.3 Å². The fraction of sp³-hybridized carbons (Fsp3) is 0.174. The van der Waals surface area contributed by atoms with E-state index < -0.39 is 34.5 Å². The molecule has 0 fully saturated rings. The third kappa shape index (κ3) is 4.00. The van der Waals surface area contributed by atoms with E-state index >= 15 is 0 Å². The summed E-state index contributed by atoms with van der Waals surface area (Å²) < 4.78 is 69.1. The van der Waals surface area contributed by atoms with Crippen LogP contribution in [-0.4, -0.2) is 26.9 Å². The third-order valence-corrected chi connectivity index (χ3v) is 5.23. The highest BCUT2D eigenvalue weighted by molar-refractivity contribution is 5.67. The van der Waals surface area contributed by atoms with E-state index in [2.05, 4.69) is 10.4 Å². The van der Waals surface area contributed by atoms with Gasteiger partial charge in [-0.1, -0.05) is 12.1 Å². The van der Waals surface area contributed by atoms with Gasteiger partial charge >= 0.3 is 5.69 Å². The molecule has 0 spiro atoms. The second kappa shape index (κ2) is 9.00. The Morgan fingerprint density at radius 1 is 0.941 bits per heavy atom. The lowest BCUT2D eigenvalue weighted by Crippen LogP contribution is -2.23. The van der Waals surface area contributed by atoms with Gasteiger partial charge < -0.3 is 9.47 Å². The Morgan fingerprint density at radius 2 is 1.65 bits per heavy atom. The fourth-order valence-corrected chi connectivity index (χ4v) is 3.50. The molecule has 11 heteroatoms. The molecular formula is C23H18F4N4O3. The zero-order valence-electron chi connectivity index (χ0n) is 18.3. The van der Waals surface area contributed by atoms with Gasteiger partial charge in [0.25, 0.3) is 0 Å². The minimum absolute atomic E-state index is 0.0534. The molecule has 0 aliphatic rings. The van der Waals surface area contributed by atoms with Crippen LogP contribution in [-0.2, 0) is 13.7 Å². The average molecular weight is 474 g/mol. The van der Waals surface area contributed by atoms with Crippen molar-refractivity contribution < 1.29 is 27.0 Å². The Kier molecular flexibility index (Phi) is 6.10. The molecule has 3 aromatic carbocycles. The van der Waals surface area contributed by atoms with Crippen molar-refractivity contribution >= 4 is 0 Å². The van der Waals surface area contributed by atoms with Crippen molar-refractivity contribution in [2.24, 2.45) is 7.05 Å². The summed E-state index contributed by atoms with van der Waals surface area (Å²) in [6.07, 6.45) is 0. The fourth-order valence-electron chi connectivity index (χ4n) is 3.50. The van der Waals surface area contributed by atoms with Crippen LogP contribution in [0.4, 0.5) is 17.6 Å². The Bertz CT molecular complexity index is 1420. The summed E-state index contributed by atoms with van der Waals surface area (Å²) >= 11 is 0. The van der Waals surface area contributed by atoms with E-state index in [4.69, 9.17) is 9.47 Å². The van der Waals surface area contributed by atoms with Gasteiger partial charge in [0, 0.05) is 13.1 Å². The van der Waals surface area contributed by atoms with E-state index in [-0.39, 0.29) is 18.2 Å². The SMILES string of the molecule is COc1cccc(-n2nnn(C)c2=O)c1COc1ccc(-c2c(F)c(F)cc(F)c2F)cc1C. The molecule has 0 unspecified atom stereocenters. The van der Waals surface area contributed by atoms with E-state index in [0.717, 1.165) is 9.36 Å². The maximum atomic E-state index is 14.2. The summed E-state index contributed by atoms with van der Waals surface area (Å²) in [5.74, 6) is -5.18. The molecule has 0 saturated heterocycles. The molecule has 0 amide bonds. The number of benzene rings is 3. The van der Waals surface area contributed by atoms with Crippen molar-refractivity contribution in [2.75, 3.05) is 7.11 Å². The predicted molar refractivity (Wildman–Crippen MR) is 114 cm³/mol. The summed E-state index contributed by atoms with van der Waals surface area (Å²) in [7, 11) is 2.92. The number of aromatic nitrogens is 4. The van der Waals surface area contributed by atoms with Crippen molar-refractivity contribution in [1.82, 2.24) is 19.8 Å². The van der Waals surface area contributed by atoms with Crippen LogP contribution in [0, 0.1) is 30.2 Å². The maximum Gasteiger partial charge on any atom is 0.368 e. The molecule has 7 nitrogen and oxygen atoms in total. The number of rotatable bonds is 6. The second-order valence-electron chi connectivity index (χ2n) is 7.37. The first-order valence-corrected chi connectivity index (χ1v) is 9.95. The molecule has 0 atom stereocenters. The van der Waals surface area contributed by atoms with Crippen LogP contribution >= 0.6 is 0 Å². The van der Waals surface area contributed by atoms with E-state index in [9.17, 15) is 22.4 Å². The number of hydrogen-bond donors (Lipinski definition) is 0. The van der Waals surface area contributed by atoms with E-state index in [1.165, 1.54) is 32.4 Å². The number of halogens is 4. The highest BCUT2D eigenvalue weighted by Crippen LogP contribution is 2.33. The molecule has 1 heterocycles. The van der Waals surface area contributed by atoms with Gasteiger partial charge in [-0.25, -0.2) is 22.4 Å². The number of methoxy groups -OCH3 is 1. The van der Waals surface area contributed by atoms with Crippen molar-refractivity contribution in [3.63, 3.8) is 0 Å². The summed E-state index contributed by atoms with van der Waals surface area (Å²) in [4.78, 5) is 12.3. The van der Waals surface area contributed by atoms with Crippen LogP contribution < -0.4 is 15.2 Å². The largest absolute Gasteiger partial charge is 0.496 e. The van der Waals surface area contributed by atoms with Crippen molar-refractivity contribution in [1.29, 1.82) is 0 Å². The normalized spacial score (nSPS) is 11.0. The Morgan fingerprint density at radius 3 is 2.24 bits per heavy atom. The quantitative estimate of drug-likeness (QED) is 0.311. The number of nitrogens with zero attached hydrogens (tertiary/aromatic N) is 4. The zero-order valence-corrected chi connectivity index (χ0v) is 18.3. The molecule has 0 N–H and O–H groups in total. The van der Waals surface area contributed by atoms with E-state index in [1.807, 2.05) is 0 Å². The Hall–Kier alpha value is -4.15. The molecular weight excluding hydrogens is 456 g/mol. The first-order chi connectivity index (χ1) is 16.2. The minimum atomic E-state index is -1.49. The first kappa shape index (κ1) is 23.0. The predicted octanol–water partition coefficient (Wildman–Crippen LogP) is 4.09. The second-order valence-corrected chi connectivity index (χ2v) is 7.37. The zero-order chi connectivity index (χ0) is 24.6. The molecule has 176 valence electrons. The van der Waals surface area contributed by atoms with Crippen LogP contribution in [0.1, 0.15) is 11.1 Å². The van der Waals surface area contributed by atoms with Crippen LogP contribution in [0.5, 0.6) is 11.5 Å². The summed E-state index contributed by atoms with van der Waals surface area (Å²) in [5.41, 5.74) is 0.0190. The molecule has 0 bridgehead atoms. The van der Waals surface area contributed by atoms with Gasteiger partial charge in [0.15, 0.2) is 23.3 Å². The molecule has 0 aliphatic carbocycles. The Labute approximate surface area is 190 Å². The summed E-state index contributed by atoms with van der Waals surface area (Å²) in [5, 5.41) is 7.55. The molecule has 1 aromatic heterocycles. The van der Waals surface area contributed by atoms with Gasteiger partial charge in [-0.3, -0.25) is 0 Å². The molecule has 0 saturated carbocycles. The third-order valence-electron chi connectivity index (χ3n) is 5.23. The maximum absolute atomic E-state index is 14.2. The van der Waals surface area contributed by atoms with Gasteiger partial charge in [-0.15, -0.1) is 0 Å². The van der Waals surface area contributed by atoms with Crippen molar-refractivity contribution in [3.8, 4) is 28.3 Å². The van der Waals surface area contributed by atoms with Gasteiger partial charge in [-0.2, -0.15) is 9.36 Å². The molecule has 34 heavy (non-hydrogen) atoms.